The summed E-state index contributed by atoms with van der Waals surface area (Å²) in [6.45, 7) is 2.93. The molecule has 2 atom stereocenters. The highest BCUT2D eigenvalue weighted by Crippen LogP contribution is 2.36. The Morgan fingerprint density at radius 2 is 2.03 bits per heavy atom. The van der Waals surface area contributed by atoms with Crippen LogP contribution >= 0.6 is 0 Å². The molecule has 0 bridgehead atoms. The molecule has 2 aliphatic rings. The highest BCUT2D eigenvalue weighted by atomic mass is 32.2. The van der Waals surface area contributed by atoms with Gasteiger partial charge < -0.3 is 15.0 Å². The fraction of sp³-hybridized carbons (Fsp3) is 0.667. The molecule has 31 heavy (non-hydrogen) atoms. The summed E-state index contributed by atoms with van der Waals surface area (Å²) < 4.78 is 59.4. The number of benzene rings is 1. The predicted octanol–water partition coefficient (Wildman–Crippen LogP) is 2.81. The molecular formula is C21H30F3N3O3S. The summed E-state index contributed by atoms with van der Waals surface area (Å²) in [5.74, 6) is 0.0372. The third kappa shape index (κ3) is 6.74. The maximum absolute atomic E-state index is 13.3. The molecule has 0 spiro atoms. The van der Waals surface area contributed by atoms with E-state index in [0.29, 0.717) is 39.2 Å². The second kappa shape index (κ2) is 10.9. The van der Waals surface area contributed by atoms with Crippen LogP contribution in [0.5, 0.6) is 0 Å². The van der Waals surface area contributed by atoms with Crippen LogP contribution in [0.1, 0.15) is 37.7 Å². The summed E-state index contributed by atoms with van der Waals surface area (Å²) in [6.07, 6.45) is -0.794. The van der Waals surface area contributed by atoms with E-state index in [1.807, 2.05) is 4.31 Å². The molecule has 1 aromatic carbocycles. The van der Waals surface area contributed by atoms with Crippen LogP contribution in [0.25, 0.3) is 0 Å². The van der Waals surface area contributed by atoms with Crippen LogP contribution < -0.4 is 5.32 Å². The molecule has 6 nitrogen and oxygen atoms in total. The molecule has 174 valence electrons. The molecule has 3 rings (SSSR count). The topological polar surface area (TPSA) is 61.9 Å². The van der Waals surface area contributed by atoms with Gasteiger partial charge in [0.15, 0.2) is 0 Å². The van der Waals surface area contributed by atoms with Crippen LogP contribution in [0.2, 0.25) is 0 Å². The molecule has 10 heteroatoms. The number of carbonyl (C=O) groups excluding carboxylic acids is 1. The first-order chi connectivity index (χ1) is 14.8. The second-order valence-corrected chi connectivity index (χ2v) is 9.39. The van der Waals surface area contributed by atoms with Gasteiger partial charge in [-0.15, -0.1) is 0 Å². The van der Waals surface area contributed by atoms with Gasteiger partial charge in [0.05, 0.1) is 17.1 Å². The van der Waals surface area contributed by atoms with E-state index < -0.39 is 22.7 Å². The number of nitrogens with zero attached hydrogens (tertiary/aromatic N) is 2. The molecule has 2 unspecified atom stereocenters. The summed E-state index contributed by atoms with van der Waals surface area (Å²) >= 11 is 0. The van der Waals surface area contributed by atoms with Gasteiger partial charge in [-0.3, -0.25) is 4.79 Å². The Kier molecular flexibility index (Phi) is 8.49. The Morgan fingerprint density at radius 1 is 1.26 bits per heavy atom. The van der Waals surface area contributed by atoms with Gasteiger partial charge in [0, 0.05) is 51.8 Å². The lowest BCUT2D eigenvalue weighted by Crippen LogP contribution is -2.51. The largest absolute Gasteiger partial charge is 0.416 e. The first kappa shape index (κ1) is 24.2. The highest BCUT2D eigenvalue weighted by molar-refractivity contribution is 7.82. The minimum atomic E-state index is -4.48. The number of halogens is 3. The van der Waals surface area contributed by atoms with Crippen molar-refractivity contribution in [1.82, 2.24) is 14.5 Å². The molecule has 1 saturated heterocycles. The van der Waals surface area contributed by atoms with Crippen LogP contribution in [0, 0.1) is 0 Å². The van der Waals surface area contributed by atoms with Crippen LogP contribution in [0.4, 0.5) is 13.2 Å². The first-order valence-corrected chi connectivity index (χ1v) is 11.8. The van der Waals surface area contributed by atoms with Crippen molar-refractivity contribution in [2.75, 3.05) is 39.9 Å². The second-order valence-electron chi connectivity index (χ2n) is 7.99. The molecule has 2 fully saturated rings. The van der Waals surface area contributed by atoms with Gasteiger partial charge in [0.25, 0.3) is 0 Å². The van der Waals surface area contributed by atoms with Gasteiger partial charge in [0.1, 0.15) is 11.0 Å². The standard InChI is InChI=1S/C21H30F3N3O3S/c1-30-13-11-25-10-9-20(28)26-12-3-5-18(15-26)27(17-7-8-17)31(29)19-6-2-4-16(14-19)21(22,23)24/h2,4,6,14,17-18,25H,3,5,7-13,15H2,1H3. The van der Waals surface area contributed by atoms with Crippen LogP contribution in [0.3, 0.4) is 0 Å². The van der Waals surface area contributed by atoms with Crippen LogP contribution in [-0.2, 0) is 26.7 Å². The number of ether oxygens (including phenoxy) is 1. The zero-order valence-electron chi connectivity index (χ0n) is 17.7. The molecule has 1 aliphatic carbocycles. The summed E-state index contributed by atoms with van der Waals surface area (Å²) in [5, 5.41) is 3.15. The number of methoxy groups -OCH3 is 1. The molecule has 1 aliphatic heterocycles. The van der Waals surface area contributed by atoms with E-state index in [9.17, 15) is 22.2 Å². The minimum Gasteiger partial charge on any atom is -0.383 e. The number of likely N-dealkylation sites (tertiary alicyclic amines) is 1. The maximum Gasteiger partial charge on any atom is 0.416 e. The molecule has 1 amide bonds. The van der Waals surface area contributed by atoms with Gasteiger partial charge in [-0.1, -0.05) is 6.07 Å². The fourth-order valence-corrected chi connectivity index (χ4v) is 5.43. The Bertz CT molecular complexity index is 774. The van der Waals surface area contributed by atoms with Crippen molar-refractivity contribution in [2.24, 2.45) is 0 Å². The quantitative estimate of drug-likeness (QED) is 0.545. The Balaban J connectivity index is 1.65. The number of hydrogen-bond acceptors (Lipinski definition) is 4. The van der Waals surface area contributed by atoms with E-state index in [1.54, 1.807) is 12.0 Å². The Labute approximate surface area is 183 Å². The average Bonchev–Trinajstić information content (AvgIpc) is 3.58. The summed E-state index contributed by atoms with van der Waals surface area (Å²) in [7, 11) is -0.0790. The van der Waals surface area contributed by atoms with Crippen molar-refractivity contribution >= 4 is 16.9 Å². The van der Waals surface area contributed by atoms with Crippen molar-refractivity contribution in [3.8, 4) is 0 Å². The number of carbonyl (C=O) groups is 1. The van der Waals surface area contributed by atoms with Gasteiger partial charge in [-0.05, 0) is 43.9 Å². The number of rotatable bonds is 10. The summed E-state index contributed by atoms with van der Waals surface area (Å²) in [4.78, 5) is 14.6. The van der Waals surface area contributed by atoms with Crippen LogP contribution in [-0.4, -0.2) is 71.3 Å². The highest BCUT2D eigenvalue weighted by Gasteiger charge is 2.41. The van der Waals surface area contributed by atoms with Crippen molar-refractivity contribution in [1.29, 1.82) is 0 Å². The molecule has 1 heterocycles. The number of piperidine rings is 1. The van der Waals surface area contributed by atoms with Gasteiger partial charge in [-0.2, -0.15) is 13.2 Å². The van der Waals surface area contributed by atoms with E-state index in [0.717, 1.165) is 37.8 Å². The van der Waals surface area contributed by atoms with E-state index in [2.05, 4.69) is 5.32 Å². The lowest BCUT2D eigenvalue weighted by atomic mass is 10.1. The Morgan fingerprint density at radius 3 is 2.71 bits per heavy atom. The van der Waals surface area contributed by atoms with Crippen molar-refractivity contribution in [2.45, 2.75) is 55.3 Å². The van der Waals surface area contributed by atoms with Gasteiger partial charge in [-0.25, -0.2) is 8.51 Å². The summed E-state index contributed by atoms with van der Waals surface area (Å²) in [6, 6.07) is 4.72. The lowest BCUT2D eigenvalue weighted by Gasteiger charge is -2.38. The zero-order chi connectivity index (χ0) is 22.4. The number of nitrogens with one attached hydrogen (secondary N) is 1. The zero-order valence-corrected chi connectivity index (χ0v) is 18.5. The smallest absolute Gasteiger partial charge is 0.383 e. The minimum absolute atomic E-state index is 0.0372. The van der Waals surface area contributed by atoms with Crippen LogP contribution in [0.15, 0.2) is 29.2 Å². The molecule has 1 aromatic rings. The third-order valence-electron chi connectivity index (χ3n) is 5.57. The molecular weight excluding hydrogens is 431 g/mol. The van der Waals surface area contributed by atoms with Gasteiger partial charge >= 0.3 is 6.18 Å². The summed E-state index contributed by atoms with van der Waals surface area (Å²) in [5.41, 5.74) is -0.796. The maximum atomic E-state index is 13.3. The first-order valence-electron chi connectivity index (χ1n) is 10.7. The monoisotopic (exact) mass is 461 g/mol. The van der Waals surface area contributed by atoms with E-state index in [4.69, 9.17) is 4.74 Å². The number of hydrogen-bond donors (Lipinski definition) is 1. The van der Waals surface area contributed by atoms with E-state index in [-0.39, 0.29) is 22.9 Å². The molecule has 0 radical (unpaired) electrons. The van der Waals surface area contributed by atoms with E-state index >= 15 is 0 Å². The normalized spacial score (nSPS) is 20.8. The average molecular weight is 462 g/mol. The van der Waals surface area contributed by atoms with Crippen molar-refractivity contribution in [3.63, 3.8) is 0 Å². The van der Waals surface area contributed by atoms with Crippen molar-refractivity contribution in [3.05, 3.63) is 29.8 Å². The molecule has 0 aromatic heterocycles. The van der Waals surface area contributed by atoms with Crippen molar-refractivity contribution < 1.29 is 26.9 Å². The SMILES string of the molecule is COCCNCCC(=O)N1CCCC(N(C2CC2)S(=O)c2cccc(C(F)(F)F)c2)C1. The predicted molar refractivity (Wildman–Crippen MR) is 112 cm³/mol. The Hall–Kier alpha value is -1.49. The lowest BCUT2D eigenvalue weighted by molar-refractivity contribution is -0.137. The molecule has 1 N–H and O–H groups in total. The number of alkyl halides is 3. The fourth-order valence-electron chi connectivity index (χ4n) is 3.84. The molecule has 1 saturated carbocycles. The third-order valence-corrected chi connectivity index (χ3v) is 7.21. The van der Waals surface area contributed by atoms with Gasteiger partial charge in [0.2, 0.25) is 5.91 Å². The number of amides is 1. The van der Waals surface area contributed by atoms with E-state index in [1.165, 1.54) is 12.1 Å².